The Kier molecular flexibility index (Phi) is 3.95. The second-order valence-corrected chi connectivity index (χ2v) is 5.98. The predicted molar refractivity (Wildman–Crippen MR) is 68.6 cm³/mol. The SMILES string of the molecule is CC1(CNCCc2nccs2)CCCC1N. The highest BCUT2D eigenvalue weighted by Gasteiger charge is 2.35. The first-order valence-corrected chi connectivity index (χ1v) is 6.93. The molecule has 1 aliphatic carbocycles. The van der Waals surface area contributed by atoms with E-state index in [1.807, 2.05) is 11.6 Å². The summed E-state index contributed by atoms with van der Waals surface area (Å²) in [5.74, 6) is 0. The van der Waals surface area contributed by atoms with E-state index >= 15 is 0 Å². The third-order valence-corrected chi connectivity index (χ3v) is 4.53. The molecule has 1 aliphatic rings. The number of nitrogens with zero attached hydrogens (tertiary/aromatic N) is 1. The molecular formula is C12H21N3S. The summed E-state index contributed by atoms with van der Waals surface area (Å²) in [6, 6.07) is 0.375. The zero-order chi connectivity index (χ0) is 11.4. The molecule has 2 rings (SSSR count). The van der Waals surface area contributed by atoms with Crippen LogP contribution in [0.2, 0.25) is 0 Å². The molecule has 0 saturated heterocycles. The van der Waals surface area contributed by atoms with Crippen LogP contribution in [0.3, 0.4) is 0 Å². The Morgan fingerprint density at radius 3 is 3.19 bits per heavy atom. The number of nitrogens with one attached hydrogen (secondary N) is 1. The van der Waals surface area contributed by atoms with Gasteiger partial charge in [0.25, 0.3) is 0 Å². The van der Waals surface area contributed by atoms with Gasteiger partial charge in [0, 0.05) is 37.1 Å². The molecule has 2 unspecified atom stereocenters. The van der Waals surface area contributed by atoms with Crippen molar-refractivity contribution in [3.05, 3.63) is 16.6 Å². The van der Waals surface area contributed by atoms with Crippen LogP contribution in [0.5, 0.6) is 0 Å². The second-order valence-electron chi connectivity index (χ2n) is 5.01. The van der Waals surface area contributed by atoms with E-state index in [-0.39, 0.29) is 0 Å². The summed E-state index contributed by atoms with van der Waals surface area (Å²) in [5.41, 5.74) is 6.45. The van der Waals surface area contributed by atoms with Crippen molar-refractivity contribution in [2.24, 2.45) is 11.1 Å². The van der Waals surface area contributed by atoms with Gasteiger partial charge in [0.2, 0.25) is 0 Å². The maximum atomic E-state index is 6.14. The van der Waals surface area contributed by atoms with E-state index in [0.717, 1.165) is 19.5 Å². The molecule has 0 bridgehead atoms. The zero-order valence-corrected chi connectivity index (χ0v) is 10.7. The van der Waals surface area contributed by atoms with Gasteiger partial charge < -0.3 is 11.1 Å². The molecule has 90 valence electrons. The van der Waals surface area contributed by atoms with Gasteiger partial charge in [0.1, 0.15) is 0 Å². The predicted octanol–water partition coefficient (Wildman–Crippen LogP) is 1.79. The first kappa shape index (κ1) is 12.0. The van der Waals surface area contributed by atoms with E-state index in [4.69, 9.17) is 5.73 Å². The second kappa shape index (κ2) is 5.25. The Hall–Kier alpha value is -0.450. The summed E-state index contributed by atoms with van der Waals surface area (Å²) in [4.78, 5) is 4.27. The van der Waals surface area contributed by atoms with Crippen molar-refractivity contribution >= 4 is 11.3 Å². The minimum Gasteiger partial charge on any atom is -0.327 e. The van der Waals surface area contributed by atoms with E-state index in [9.17, 15) is 0 Å². The van der Waals surface area contributed by atoms with Crippen molar-refractivity contribution in [1.82, 2.24) is 10.3 Å². The van der Waals surface area contributed by atoms with Crippen LogP contribution in [0, 0.1) is 5.41 Å². The highest BCUT2D eigenvalue weighted by Crippen LogP contribution is 2.35. The molecule has 0 spiro atoms. The van der Waals surface area contributed by atoms with Crippen LogP contribution in [-0.4, -0.2) is 24.1 Å². The molecule has 3 N–H and O–H groups in total. The number of aromatic nitrogens is 1. The number of nitrogens with two attached hydrogens (primary N) is 1. The molecule has 0 aliphatic heterocycles. The molecule has 0 radical (unpaired) electrons. The lowest BCUT2D eigenvalue weighted by molar-refractivity contribution is 0.279. The third kappa shape index (κ3) is 2.81. The van der Waals surface area contributed by atoms with E-state index in [2.05, 4.69) is 17.2 Å². The number of rotatable bonds is 5. The fraction of sp³-hybridized carbons (Fsp3) is 0.750. The molecule has 4 heteroatoms. The Morgan fingerprint density at radius 1 is 1.69 bits per heavy atom. The Labute approximate surface area is 101 Å². The van der Waals surface area contributed by atoms with Gasteiger partial charge in [-0.1, -0.05) is 13.3 Å². The Morgan fingerprint density at radius 2 is 2.56 bits per heavy atom. The standard InChI is InChI=1S/C12H21N3S/c1-12(5-2-3-10(12)13)9-14-6-4-11-15-7-8-16-11/h7-8,10,14H,2-6,9,13H2,1H3. The molecule has 0 amide bonds. The molecule has 1 aromatic heterocycles. The third-order valence-electron chi connectivity index (χ3n) is 3.69. The lowest BCUT2D eigenvalue weighted by Gasteiger charge is -2.29. The molecule has 16 heavy (non-hydrogen) atoms. The van der Waals surface area contributed by atoms with E-state index in [1.54, 1.807) is 11.3 Å². The van der Waals surface area contributed by atoms with Gasteiger partial charge >= 0.3 is 0 Å². The smallest absolute Gasteiger partial charge is 0.0937 e. The fourth-order valence-electron chi connectivity index (χ4n) is 2.42. The molecule has 3 nitrogen and oxygen atoms in total. The van der Waals surface area contributed by atoms with Gasteiger partial charge in [-0.15, -0.1) is 11.3 Å². The van der Waals surface area contributed by atoms with Crippen LogP contribution >= 0.6 is 11.3 Å². The lowest BCUT2D eigenvalue weighted by atomic mass is 9.85. The van der Waals surface area contributed by atoms with Crippen LogP contribution in [0.25, 0.3) is 0 Å². The van der Waals surface area contributed by atoms with Gasteiger partial charge in [0.15, 0.2) is 0 Å². The molecule has 1 aromatic rings. The van der Waals surface area contributed by atoms with Crippen molar-refractivity contribution in [2.75, 3.05) is 13.1 Å². The Bertz CT molecular complexity index is 312. The first-order valence-electron chi connectivity index (χ1n) is 6.05. The quantitative estimate of drug-likeness (QED) is 0.770. The normalized spacial score (nSPS) is 29.8. The lowest BCUT2D eigenvalue weighted by Crippen LogP contribution is -2.42. The van der Waals surface area contributed by atoms with Gasteiger partial charge in [-0.2, -0.15) is 0 Å². The molecule has 0 aromatic carbocycles. The molecule has 1 fully saturated rings. The van der Waals surface area contributed by atoms with E-state index < -0.39 is 0 Å². The highest BCUT2D eigenvalue weighted by atomic mass is 32.1. The van der Waals surface area contributed by atoms with Crippen molar-refractivity contribution in [3.63, 3.8) is 0 Å². The van der Waals surface area contributed by atoms with Crippen molar-refractivity contribution in [3.8, 4) is 0 Å². The van der Waals surface area contributed by atoms with Crippen LogP contribution in [0.1, 0.15) is 31.2 Å². The van der Waals surface area contributed by atoms with E-state index in [0.29, 0.717) is 11.5 Å². The number of thiazole rings is 1. The van der Waals surface area contributed by atoms with Crippen LogP contribution in [0.15, 0.2) is 11.6 Å². The minimum absolute atomic E-state index is 0.308. The summed E-state index contributed by atoms with van der Waals surface area (Å²) >= 11 is 1.73. The minimum atomic E-state index is 0.308. The summed E-state index contributed by atoms with van der Waals surface area (Å²) < 4.78 is 0. The van der Waals surface area contributed by atoms with Crippen molar-refractivity contribution < 1.29 is 0 Å². The van der Waals surface area contributed by atoms with Gasteiger partial charge in [0.05, 0.1) is 5.01 Å². The maximum Gasteiger partial charge on any atom is 0.0937 e. The Balaban J connectivity index is 1.68. The molecular weight excluding hydrogens is 218 g/mol. The van der Waals surface area contributed by atoms with Crippen molar-refractivity contribution in [1.29, 1.82) is 0 Å². The summed E-state index contributed by atoms with van der Waals surface area (Å²) in [6.45, 7) is 4.36. The average molecular weight is 239 g/mol. The first-order chi connectivity index (χ1) is 7.71. The van der Waals surface area contributed by atoms with Crippen LogP contribution in [-0.2, 0) is 6.42 Å². The van der Waals surface area contributed by atoms with Gasteiger partial charge in [-0.25, -0.2) is 4.98 Å². The topological polar surface area (TPSA) is 50.9 Å². The van der Waals surface area contributed by atoms with Crippen molar-refractivity contribution in [2.45, 2.75) is 38.6 Å². The summed E-state index contributed by atoms with van der Waals surface area (Å²) in [7, 11) is 0. The van der Waals surface area contributed by atoms with Gasteiger partial charge in [-0.05, 0) is 18.3 Å². The van der Waals surface area contributed by atoms with Crippen LogP contribution < -0.4 is 11.1 Å². The number of hydrogen-bond donors (Lipinski definition) is 2. The monoisotopic (exact) mass is 239 g/mol. The molecule has 1 saturated carbocycles. The van der Waals surface area contributed by atoms with E-state index in [1.165, 1.54) is 24.3 Å². The number of hydrogen-bond acceptors (Lipinski definition) is 4. The summed E-state index contributed by atoms with van der Waals surface area (Å²) in [5, 5.41) is 6.77. The maximum absolute atomic E-state index is 6.14. The molecule has 1 heterocycles. The fourth-order valence-corrected chi connectivity index (χ4v) is 3.05. The largest absolute Gasteiger partial charge is 0.327 e. The van der Waals surface area contributed by atoms with Gasteiger partial charge in [-0.3, -0.25) is 0 Å². The summed E-state index contributed by atoms with van der Waals surface area (Å²) in [6.07, 6.45) is 6.63. The average Bonchev–Trinajstić information content (AvgIpc) is 2.86. The molecule has 2 atom stereocenters. The van der Waals surface area contributed by atoms with Crippen LogP contribution in [0.4, 0.5) is 0 Å². The zero-order valence-electron chi connectivity index (χ0n) is 9.91. The highest BCUT2D eigenvalue weighted by molar-refractivity contribution is 7.09.